The van der Waals surface area contributed by atoms with E-state index in [1.807, 2.05) is 13.8 Å². The number of ether oxygens (including phenoxy) is 1. The van der Waals surface area contributed by atoms with Gasteiger partial charge in [0.25, 0.3) is 15.9 Å². The van der Waals surface area contributed by atoms with E-state index in [1.54, 1.807) is 18.2 Å². The fourth-order valence-corrected chi connectivity index (χ4v) is 6.23. The van der Waals surface area contributed by atoms with Gasteiger partial charge < -0.3 is 10.5 Å². The van der Waals surface area contributed by atoms with Crippen molar-refractivity contribution in [2.24, 2.45) is 17.3 Å². The topological polar surface area (TPSA) is 124 Å². The zero-order chi connectivity index (χ0) is 28.5. The van der Waals surface area contributed by atoms with E-state index in [0.717, 1.165) is 12.8 Å². The molecule has 8 nitrogen and oxygen atoms in total. The highest BCUT2D eigenvalue weighted by atomic mass is 32.2. The number of hydrogen-bond acceptors (Lipinski definition) is 7. The third kappa shape index (κ3) is 6.55. The van der Waals surface area contributed by atoms with Gasteiger partial charge in [-0.05, 0) is 66.5 Å². The molecule has 0 aliphatic heterocycles. The maximum Gasteiger partial charge on any atom is 0.281 e. The first kappa shape index (κ1) is 28.5. The van der Waals surface area contributed by atoms with Crippen LogP contribution in [0.3, 0.4) is 0 Å². The lowest BCUT2D eigenvalue weighted by Crippen LogP contribution is -2.33. The number of amides is 1. The molecule has 0 bridgehead atoms. The molecule has 39 heavy (non-hydrogen) atoms. The molecular weight excluding hydrogens is 519 g/mol. The molecule has 0 saturated heterocycles. The second-order valence-electron chi connectivity index (χ2n) is 11.4. The number of carbonyl (C=O) groups excluding carboxylic acids is 1. The molecule has 1 fully saturated rings. The predicted molar refractivity (Wildman–Crippen MR) is 148 cm³/mol. The average Bonchev–Trinajstić information content (AvgIpc) is 3.13. The zero-order valence-electron chi connectivity index (χ0n) is 22.9. The van der Waals surface area contributed by atoms with Crippen molar-refractivity contribution in [3.63, 3.8) is 0 Å². The average molecular weight is 555 g/mol. The van der Waals surface area contributed by atoms with Crippen LogP contribution in [0.1, 0.15) is 69.4 Å². The van der Waals surface area contributed by atoms with Crippen LogP contribution in [0.4, 0.5) is 10.2 Å². The van der Waals surface area contributed by atoms with E-state index in [2.05, 4.69) is 30.5 Å². The third-order valence-corrected chi connectivity index (χ3v) is 8.19. The van der Waals surface area contributed by atoms with Crippen LogP contribution >= 0.6 is 0 Å². The number of rotatable bonds is 8. The molecule has 208 valence electrons. The van der Waals surface area contributed by atoms with Crippen molar-refractivity contribution < 1.29 is 22.3 Å². The number of nitrogens with two attached hydrogens (primary N) is 1. The van der Waals surface area contributed by atoms with Crippen LogP contribution in [0.2, 0.25) is 0 Å². The van der Waals surface area contributed by atoms with E-state index in [9.17, 15) is 17.6 Å². The second-order valence-corrected chi connectivity index (χ2v) is 13.1. The van der Waals surface area contributed by atoms with Crippen molar-refractivity contribution in [1.82, 2.24) is 14.7 Å². The number of hydrogen-bond donors (Lipinski definition) is 2. The van der Waals surface area contributed by atoms with Gasteiger partial charge in [0.1, 0.15) is 17.4 Å². The third-order valence-electron chi connectivity index (χ3n) is 6.95. The molecule has 2 unspecified atom stereocenters. The smallest absolute Gasteiger partial charge is 0.281 e. The number of sulfonamides is 1. The Hall–Kier alpha value is -3.53. The normalized spacial score (nSPS) is 18.7. The maximum absolute atomic E-state index is 14.5. The van der Waals surface area contributed by atoms with E-state index in [0.29, 0.717) is 35.2 Å². The molecule has 2 heterocycles. The van der Waals surface area contributed by atoms with Gasteiger partial charge in [0, 0.05) is 17.5 Å². The fraction of sp³-hybridized carbons (Fsp3) is 0.414. The van der Waals surface area contributed by atoms with Gasteiger partial charge in [0.05, 0.1) is 23.6 Å². The van der Waals surface area contributed by atoms with E-state index in [4.69, 9.17) is 15.5 Å². The quantitative estimate of drug-likeness (QED) is 0.374. The second kappa shape index (κ2) is 10.9. The number of anilines is 1. The standard InChI is InChI=1S/C29H35FN4O4S/c1-17(2)16-38-21-13-19(12-20(30)14-21)24-10-9-22(27(32-24)23-11-18(3)15-29(23,4)5)28(35)34-39(36,37)26-8-6-7-25(31)33-26/h6-10,12-14,17-18,23H,11,15-16H2,1-5H3,(H2,31,33)(H,34,35). The molecule has 10 heteroatoms. The Morgan fingerprint density at radius 1 is 1.18 bits per heavy atom. The van der Waals surface area contributed by atoms with Crippen LogP contribution in [-0.2, 0) is 10.0 Å². The molecule has 2 atom stereocenters. The molecule has 3 aromatic rings. The van der Waals surface area contributed by atoms with Gasteiger partial charge in [-0.15, -0.1) is 0 Å². The fourth-order valence-electron chi connectivity index (χ4n) is 5.29. The molecule has 2 aromatic heterocycles. The van der Waals surface area contributed by atoms with Crippen molar-refractivity contribution in [3.8, 4) is 17.0 Å². The van der Waals surface area contributed by atoms with Crippen molar-refractivity contribution in [2.45, 2.75) is 58.4 Å². The SMILES string of the molecule is CC(C)COc1cc(F)cc(-c2ccc(C(=O)NS(=O)(=O)c3cccc(N)n3)c(C3CC(C)CC3(C)C)n2)c1. The Labute approximate surface area is 229 Å². The summed E-state index contributed by atoms with van der Waals surface area (Å²) in [7, 11) is -4.28. The number of nitrogens with zero attached hydrogens (tertiary/aromatic N) is 2. The number of carbonyl (C=O) groups is 1. The monoisotopic (exact) mass is 554 g/mol. The minimum Gasteiger partial charge on any atom is -0.493 e. The summed E-state index contributed by atoms with van der Waals surface area (Å²) in [5, 5.41) is -0.356. The Morgan fingerprint density at radius 3 is 2.56 bits per heavy atom. The van der Waals surface area contributed by atoms with Crippen LogP contribution in [0.15, 0.2) is 53.6 Å². The van der Waals surface area contributed by atoms with Gasteiger partial charge in [-0.2, -0.15) is 8.42 Å². The van der Waals surface area contributed by atoms with Crippen LogP contribution in [0, 0.1) is 23.1 Å². The Balaban J connectivity index is 1.76. The number of nitrogen functional groups attached to an aromatic ring is 1. The number of benzene rings is 1. The molecule has 4 rings (SSSR count). The minimum absolute atomic E-state index is 0.0190. The molecule has 1 aliphatic rings. The Morgan fingerprint density at radius 2 is 1.92 bits per heavy atom. The number of halogens is 1. The highest BCUT2D eigenvalue weighted by molar-refractivity contribution is 7.90. The number of aromatic nitrogens is 2. The van der Waals surface area contributed by atoms with Crippen molar-refractivity contribution >= 4 is 21.7 Å². The summed E-state index contributed by atoms with van der Waals surface area (Å²) in [6, 6.07) is 11.7. The lowest BCUT2D eigenvalue weighted by atomic mass is 9.78. The predicted octanol–water partition coefficient (Wildman–Crippen LogP) is 5.56. The molecule has 1 aromatic carbocycles. The lowest BCUT2D eigenvalue weighted by molar-refractivity contribution is 0.0978. The van der Waals surface area contributed by atoms with E-state index < -0.39 is 21.7 Å². The van der Waals surface area contributed by atoms with Crippen LogP contribution in [0.25, 0.3) is 11.3 Å². The van der Waals surface area contributed by atoms with E-state index >= 15 is 0 Å². The summed E-state index contributed by atoms with van der Waals surface area (Å²) in [6.07, 6.45) is 1.70. The molecule has 0 spiro atoms. The summed E-state index contributed by atoms with van der Waals surface area (Å²) < 4.78 is 48.3. The number of nitrogens with one attached hydrogen (secondary N) is 1. The van der Waals surface area contributed by atoms with Gasteiger partial charge >= 0.3 is 0 Å². The van der Waals surface area contributed by atoms with Crippen LogP contribution < -0.4 is 15.2 Å². The first-order valence-electron chi connectivity index (χ1n) is 13.0. The van der Waals surface area contributed by atoms with Crippen molar-refractivity contribution in [1.29, 1.82) is 0 Å². The zero-order valence-corrected chi connectivity index (χ0v) is 23.7. The van der Waals surface area contributed by atoms with E-state index in [-0.39, 0.29) is 33.7 Å². The van der Waals surface area contributed by atoms with Crippen molar-refractivity contribution in [2.75, 3.05) is 12.3 Å². The molecular formula is C29H35FN4O4S. The Bertz CT molecular complexity index is 1490. The van der Waals surface area contributed by atoms with Crippen molar-refractivity contribution in [3.05, 3.63) is 65.6 Å². The van der Waals surface area contributed by atoms with Gasteiger partial charge in [0.15, 0.2) is 5.03 Å². The highest BCUT2D eigenvalue weighted by Gasteiger charge is 2.42. The Kier molecular flexibility index (Phi) is 7.97. The molecule has 0 radical (unpaired) electrons. The highest BCUT2D eigenvalue weighted by Crippen LogP contribution is 2.52. The van der Waals surface area contributed by atoms with Crippen LogP contribution in [-0.4, -0.2) is 30.9 Å². The van der Waals surface area contributed by atoms with Gasteiger partial charge in [0.2, 0.25) is 0 Å². The van der Waals surface area contributed by atoms with Crippen LogP contribution in [0.5, 0.6) is 5.75 Å². The van der Waals surface area contributed by atoms with Gasteiger partial charge in [-0.25, -0.2) is 14.1 Å². The van der Waals surface area contributed by atoms with E-state index in [1.165, 1.54) is 30.3 Å². The first-order chi connectivity index (χ1) is 18.2. The lowest BCUT2D eigenvalue weighted by Gasteiger charge is -2.28. The maximum atomic E-state index is 14.5. The number of pyridine rings is 2. The summed E-state index contributed by atoms with van der Waals surface area (Å²) in [6.45, 7) is 10.8. The summed E-state index contributed by atoms with van der Waals surface area (Å²) >= 11 is 0. The molecule has 1 saturated carbocycles. The van der Waals surface area contributed by atoms with Gasteiger partial charge in [-0.1, -0.05) is 40.7 Å². The summed E-state index contributed by atoms with van der Waals surface area (Å²) in [4.78, 5) is 22.1. The molecule has 1 amide bonds. The molecule has 1 aliphatic carbocycles. The summed E-state index contributed by atoms with van der Waals surface area (Å²) in [5.74, 6) is -0.339. The molecule has 3 N–H and O–H groups in total. The van der Waals surface area contributed by atoms with Gasteiger partial charge in [-0.3, -0.25) is 9.78 Å². The summed E-state index contributed by atoms with van der Waals surface area (Å²) in [5.41, 5.74) is 7.03. The largest absolute Gasteiger partial charge is 0.493 e. The first-order valence-corrected chi connectivity index (χ1v) is 14.5. The minimum atomic E-state index is -4.28.